The van der Waals surface area contributed by atoms with Gasteiger partial charge in [0.15, 0.2) is 0 Å². The summed E-state index contributed by atoms with van der Waals surface area (Å²) in [7, 11) is 0. The van der Waals surface area contributed by atoms with Crippen molar-refractivity contribution in [3.05, 3.63) is 18.7 Å². The van der Waals surface area contributed by atoms with E-state index in [4.69, 9.17) is 4.74 Å². The Bertz CT molecular complexity index is 298. The van der Waals surface area contributed by atoms with Crippen LogP contribution in [0.1, 0.15) is 13.8 Å². The normalized spacial score (nSPS) is 10.7. The number of esters is 1. The van der Waals surface area contributed by atoms with Crippen LogP contribution in [-0.4, -0.2) is 46.7 Å². The Hall–Kier alpha value is -1.36. The third-order valence-electron chi connectivity index (χ3n) is 2.34. The molecule has 0 radical (unpaired) electrons. The van der Waals surface area contributed by atoms with Gasteiger partial charge in [-0.25, -0.2) is 4.98 Å². The number of aromatic nitrogens is 2. The second kappa shape index (κ2) is 7.00. The molecule has 0 bridgehead atoms. The van der Waals surface area contributed by atoms with Crippen LogP contribution in [0, 0.1) is 0 Å². The lowest BCUT2D eigenvalue weighted by atomic mass is 10.4. The van der Waals surface area contributed by atoms with Crippen molar-refractivity contribution in [3.63, 3.8) is 0 Å². The topological polar surface area (TPSA) is 47.4 Å². The van der Waals surface area contributed by atoms with Gasteiger partial charge in [-0.15, -0.1) is 0 Å². The van der Waals surface area contributed by atoms with Gasteiger partial charge in [-0.05, 0) is 13.5 Å². The number of carbonyl (C=O) groups is 1. The van der Waals surface area contributed by atoms with Crippen molar-refractivity contribution < 1.29 is 9.53 Å². The molecule has 0 aliphatic carbocycles. The summed E-state index contributed by atoms with van der Waals surface area (Å²) in [5, 5.41) is 0. The monoisotopic (exact) mass is 225 g/mol. The number of hydrogen-bond donors (Lipinski definition) is 0. The quantitative estimate of drug-likeness (QED) is 0.643. The van der Waals surface area contributed by atoms with Crippen LogP contribution >= 0.6 is 0 Å². The molecule has 5 nitrogen and oxygen atoms in total. The van der Waals surface area contributed by atoms with Crippen LogP contribution in [0.3, 0.4) is 0 Å². The van der Waals surface area contributed by atoms with Crippen LogP contribution in [0.25, 0.3) is 0 Å². The van der Waals surface area contributed by atoms with Crippen molar-refractivity contribution in [2.75, 3.05) is 26.2 Å². The first-order valence-electron chi connectivity index (χ1n) is 5.60. The Balaban J connectivity index is 2.29. The molecule has 0 fully saturated rings. The van der Waals surface area contributed by atoms with E-state index in [1.807, 2.05) is 24.6 Å². The van der Waals surface area contributed by atoms with Gasteiger partial charge in [-0.1, -0.05) is 6.92 Å². The van der Waals surface area contributed by atoms with E-state index in [2.05, 4.69) is 9.88 Å². The first kappa shape index (κ1) is 12.7. The highest BCUT2D eigenvalue weighted by molar-refractivity contribution is 5.71. The highest BCUT2D eigenvalue weighted by atomic mass is 16.5. The zero-order chi connectivity index (χ0) is 11.8. The summed E-state index contributed by atoms with van der Waals surface area (Å²) < 4.78 is 6.91. The first-order chi connectivity index (χ1) is 7.76. The third-order valence-corrected chi connectivity index (χ3v) is 2.34. The summed E-state index contributed by atoms with van der Waals surface area (Å²) >= 11 is 0. The Morgan fingerprint density at radius 1 is 1.50 bits per heavy atom. The number of likely N-dealkylation sites (N-methyl/N-ethyl adjacent to an activating group) is 1. The van der Waals surface area contributed by atoms with Crippen molar-refractivity contribution in [1.29, 1.82) is 0 Å². The molecule has 0 aliphatic heterocycles. The summed E-state index contributed by atoms with van der Waals surface area (Å²) in [6, 6.07) is 0. The Morgan fingerprint density at radius 2 is 2.31 bits per heavy atom. The molecule has 90 valence electrons. The molecule has 1 aromatic rings. The largest absolute Gasteiger partial charge is 0.465 e. The number of rotatable bonds is 7. The molecular weight excluding hydrogens is 206 g/mol. The summed E-state index contributed by atoms with van der Waals surface area (Å²) in [6.45, 7) is 7.16. The number of ether oxygens (including phenoxy) is 1. The fourth-order valence-corrected chi connectivity index (χ4v) is 1.41. The molecule has 0 N–H and O–H groups in total. The minimum Gasteiger partial charge on any atom is -0.465 e. The van der Waals surface area contributed by atoms with Crippen molar-refractivity contribution >= 4 is 5.97 Å². The van der Waals surface area contributed by atoms with Crippen molar-refractivity contribution in [2.45, 2.75) is 20.4 Å². The van der Waals surface area contributed by atoms with Crippen molar-refractivity contribution in [1.82, 2.24) is 14.5 Å². The van der Waals surface area contributed by atoms with E-state index in [0.717, 1.165) is 19.6 Å². The first-order valence-corrected chi connectivity index (χ1v) is 5.60. The second-order valence-electron chi connectivity index (χ2n) is 3.47. The molecule has 1 heterocycles. The van der Waals surface area contributed by atoms with Gasteiger partial charge in [0.05, 0.1) is 19.5 Å². The van der Waals surface area contributed by atoms with Gasteiger partial charge < -0.3 is 9.30 Å². The molecule has 1 aromatic heterocycles. The number of hydrogen-bond acceptors (Lipinski definition) is 4. The molecule has 0 aliphatic rings. The van der Waals surface area contributed by atoms with E-state index >= 15 is 0 Å². The molecule has 5 heteroatoms. The van der Waals surface area contributed by atoms with Gasteiger partial charge in [-0.3, -0.25) is 9.69 Å². The molecular formula is C11H19N3O2. The molecule has 0 amide bonds. The van der Waals surface area contributed by atoms with Crippen LogP contribution in [0.15, 0.2) is 18.7 Å². The van der Waals surface area contributed by atoms with Gasteiger partial charge in [0.25, 0.3) is 0 Å². The summed E-state index contributed by atoms with van der Waals surface area (Å²) in [5.74, 6) is -0.157. The van der Waals surface area contributed by atoms with E-state index in [9.17, 15) is 4.79 Å². The summed E-state index contributed by atoms with van der Waals surface area (Å²) in [5.41, 5.74) is 0. The second-order valence-corrected chi connectivity index (χ2v) is 3.47. The van der Waals surface area contributed by atoms with Crippen LogP contribution in [-0.2, 0) is 16.1 Å². The lowest BCUT2D eigenvalue weighted by molar-refractivity contribution is -0.144. The Labute approximate surface area is 96.0 Å². The predicted molar refractivity (Wildman–Crippen MR) is 61.0 cm³/mol. The summed E-state index contributed by atoms with van der Waals surface area (Å²) in [4.78, 5) is 17.3. The van der Waals surface area contributed by atoms with Gasteiger partial charge >= 0.3 is 5.97 Å². The van der Waals surface area contributed by atoms with Crippen LogP contribution in [0.5, 0.6) is 0 Å². The Kier molecular flexibility index (Phi) is 5.56. The predicted octanol–water partition coefficient (Wildman–Crippen LogP) is 0.768. The van der Waals surface area contributed by atoms with E-state index < -0.39 is 0 Å². The molecule has 0 unspecified atom stereocenters. The van der Waals surface area contributed by atoms with Gasteiger partial charge in [0.1, 0.15) is 0 Å². The van der Waals surface area contributed by atoms with Gasteiger partial charge in [-0.2, -0.15) is 0 Å². The molecule has 0 aromatic carbocycles. The fraction of sp³-hybridized carbons (Fsp3) is 0.636. The van der Waals surface area contributed by atoms with Crippen LogP contribution < -0.4 is 0 Å². The fourth-order valence-electron chi connectivity index (χ4n) is 1.41. The molecule has 0 saturated heterocycles. The SMILES string of the molecule is CCOC(=O)CN(CC)CCn1ccnc1. The maximum atomic E-state index is 11.3. The maximum absolute atomic E-state index is 11.3. The summed E-state index contributed by atoms with van der Waals surface area (Å²) in [6.07, 6.45) is 5.44. The average Bonchev–Trinajstić information content (AvgIpc) is 2.77. The van der Waals surface area contributed by atoms with E-state index in [1.165, 1.54) is 0 Å². The number of carbonyl (C=O) groups excluding carboxylic acids is 1. The van der Waals surface area contributed by atoms with Crippen molar-refractivity contribution in [3.8, 4) is 0 Å². The molecule has 1 rings (SSSR count). The van der Waals surface area contributed by atoms with Gasteiger partial charge in [0.2, 0.25) is 0 Å². The maximum Gasteiger partial charge on any atom is 0.320 e. The van der Waals surface area contributed by atoms with Crippen LogP contribution in [0.2, 0.25) is 0 Å². The Morgan fingerprint density at radius 3 is 2.88 bits per heavy atom. The van der Waals surface area contributed by atoms with E-state index in [0.29, 0.717) is 13.2 Å². The molecule has 0 atom stereocenters. The lowest BCUT2D eigenvalue weighted by Gasteiger charge is -2.19. The smallest absolute Gasteiger partial charge is 0.320 e. The number of nitrogens with zero attached hydrogens (tertiary/aromatic N) is 3. The third kappa shape index (κ3) is 4.44. The van der Waals surface area contributed by atoms with Crippen molar-refractivity contribution in [2.24, 2.45) is 0 Å². The van der Waals surface area contributed by atoms with E-state index in [1.54, 1.807) is 12.5 Å². The standard InChI is InChI=1S/C11H19N3O2/c1-3-13(9-11(15)16-4-2)7-8-14-6-5-12-10-14/h5-6,10H,3-4,7-9H2,1-2H3. The van der Waals surface area contributed by atoms with Gasteiger partial charge in [0, 0.05) is 25.5 Å². The minimum atomic E-state index is -0.157. The number of imidazole rings is 1. The molecule has 16 heavy (non-hydrogen) atoms. The molecule has 0 spiro atoms. The zero-order valence-corrected chi connectivity index (χ0v) is 9.93. The zero-order valence-electron chi connectivity index (χ0n) is 9.93. The average molecular weight is 225 g/mol. The minimum absolute atomic E-state index is 0.157. The highest BCUT2D eigenvalue weighted by Gasteiger charge is 2.09. The van der Waals surface area contributed by atoms with E-state index in [-0.39, 0.29) is 5.97 Å². The van der Waals surface area contributed by atoms with Crippen LogP contribution in [0.4, 0.5) is 0 Å². The molecule has 0 saturated carbocycles. The lowest BCUT2D eigenvalue weighted by Crippen LogP contribution is -2.33. The highest BCUT2D eigenvalue weighted by Crippen LogP contribution is 1.93.